The number of halogens is 3. The molecule has 16 heavy (non-hydrogen) atoms. The number of hydrogen-bond acceptors (Lipinski definition) is 5. The van der Waals surface area contributed by atoms with Gasteiger partial charge in [-0.15, -0.1) is 13.2 Å². The number of hydrogen-bond donors (Lipinski definition) is 2. The molecule has 0 radical (unpaired) electrons. The summed E-state index contributed by atoms with van der Waals surface area (Å²) in [4.78, 5) is 14.2. The number of anilines is 1. The van der Waals surface area contributed by atoms with Gasteiger partial charge in [0.25, 0.3) is 0 Å². The number of nitrogens with zero attached hydrogens (tertiary/aromatic N) is 1. The van der Waals surface area contributed by atoms with Crippen molar-refractivity contribution in [3.63, 3.8) is 0 Å². The summed E-state index contributed by atoms with van der Waals surface area (Å²) in [6.07, 6.45) is -3.83. The van der Waals surface area contributed by atoms with Gasteiger partial charge in [0.2, 0.25) is 0 Å². The van der Waals surface area contributed by atoms with Gasteiger partial charge in [-0.3, -0.25) is 9.78 Å². The highest BCUT2D eigenvalue weighted by molar-refractivity contribution is 5.87. The van der Waals surface area contributed by atoms with Crippen molar-refractivity contribution < 1.29 is 22.7 Å². The van der Waals surface area contributed by atoms with Crippen LogP contribution in [0.2, 0.25) is 0 Å². The molecule has 0 aliphatic carbocycles. The SMILES string of the molecule is NCc1ncc(OC(F)(F)F)c(N)c1C=O. The van der Waals surface area contributed by atoms with Crippen LogP contribution in [0, 0.1) is 0 Å². The van der Waals surface area contributed by atoms with Crippen LogP contribution in [0.5, 0.6) is 5.75 Å². The minimum atomic E-state index is -4.89. The van der Waals surface area contributed by atoms with Crippen molar-refractivity contribution in [2.75, 3.05) is 5.73 Å². The van der Waals surface area contributed by atoms with Gasteiger partial charge in [0.15, 0.2) is 12.0 Å². The van der Waals surface area contributed by atoms with Crippen molar-refractivity contribution in [3.8, 4) is 5.75 Å². The van der Waals surface area contributed by atoms with Crippen molar-refractivity contribution in [2.45, 2.75) is 12.9 Å². The van der Waals surface area contributed by atoms with Crippen molar-refractivity contribution in [1.29, 1.82) is 0 Å². The molecule has 0 aliphatic heterocycles. The summed E-state index contributed by atoms with van der Waals surface area (Å²) in [5, 5.41) is 0. The molecule has 5 nitrogen and oxygen atoms in total. The summed E-state index contributed by atoms with van der Waals surface area (Å²) in [5.41, 5.74) is 10.1. The lowest BCUT2D eigenvalue weighted by Crippen LogP contribution is -2.19. The van der Waals surface area contributed by atoms with Crippen LogP contribution in [0.1, 0.15) is 16.1 Å². The lowest BCUT2D eigenvalue weighted by atomic mass is 10.1. The number of ether oxygens (including phenoxy) is 1. The van der Waals surface area contributed by atoms with Crippen molar-refractivity contribution >= 4 is 12.0 Å². The minimum absolute atomic E-state index is 0.107. The molecule has 0 atom stereocenters. The average Bonchev–Trinajstić information content (AvgIpc) is 2.19. The van der Waals surface area contributed by atoms with Gasteiger partial charge in [-0.2, -0.15) is 0 Å². The minimum Gasteiger partial charge on any atom is -0.402 e. The Hall–Kier alpha value is -1.83. The molecule has 1 heterocycles. The van der Waals surface area contributed by atoms with Gasteiger partial charge in [-0.25, -0.2) is 0 Å². The largest absolute Gasteiger partial charge is 0.573 e. The fourth-order valence-corrected chi connectivity index (χ4v) is 1.06. The molecule has 0 saturated heterocycles. The number of aromatic nitrogens is 1. The van der Waals surface area contributed by atoms with Crippen LogP contribution in [0.25, 0.3) is 0 Å². The van der Waals surface area contributed by atoms with E-state index < -0.39 is 17.8 Å². The maximum Gasteiger partial charge on any atom is 0.573 e. The molecule has 0 spiro atoms. The van der Waals surface area contributed by atoms with Crippen molar-refractivity contribution in [3.05, 3.63) is 17.5 Å². The molecular weight excluding hydrogens is 227 g/mol. The quantitative estimate of drug-likeness (QED) is 0.757. The Morgan fingerprint density at radius 1 is 1.50 bits per heavy atom. The molecule has 1 rings (SSSR count). The maximum atomic E-state index is 11.9. The fourth-order valence-electron chi connectivity index (χ4n) is 1.06. The Bertz CT molecular complexity index is 406. The molecule has 0 amide bonds. The predicted octanol–water partition coefficient (Wildman–Crippen LogP) is 0.834. The highest BCUT2D eigenvalue weighted by Gasteiger charge is 2.32. The van der Waals surface area contributed by atoms with Gasteiger partial charge in [0, 0.05) is 6.54 Å². The zero-order valence-electron chi connectivity index (χ0n) is 7.91. The molecule has 0 aromatic carbocycles. The molecule has 8 heteroatoms. The van der Waals surface area contributed by atoms with E-state index in [1.165, 1.54) is 0 Å². The van der Waals surface area contributed by atoms with Crippen molar-refractivity contribution in [1.82, 2.24) is 4.98 Å². The lowest BCUT2D eigenvalue weighted by Gasteiger charge is -2.13. The normalized spacial score (nSPS) is 11.2. The van der Waals surface area contributed by atoms with Crippen LogP contribution in [0.15, 0.2) is 6.20 Å². The number of alkyl halides is 3. The van der Waals surface area contributed by atoms with Gasteiger partial charge in [0.05, 0.1) is 23.1 Å². The summed E-state index contributed by atoms with van der Waals surface area (Å²) in [6, 6.07) is 0. The number of pyridine rings is 1. The summed E-state index contributed by atoms with van der Waals surface area (Å²) in [6.45, 7) is -0.107. The van der Waals surface area contributed by atoms with Crippen LogP contribution in [-0.2, 0) is 6.54 Å². The standard InChI is InChI=1S/C8H8F3N3O2/c9-8(10,11)16-6-2-14-5(1-12)4(3-15)7(6)13/h2-3H,1,12H2,(H2,13,14). The Morgan fingerprint density at radius 3 is 2.56 bits per heavy atom. The summed E-state index contributed by atoms with van der Waals surface area (Å²) < 4.78 is 39.3. The molecule has 0 fully saturated rings. The molecule has 4 N–H and O–H groups in total. The highest BCUT2D eigenvalue weighted by Crippen LogP contribution is 2.30. The topological polar surface area (TPSA) is 91.2 Å². The fraction of sp³-hybridized carbons (Fsp3) is 0.250. The van der Waals surface area contributed by atoms with Gasteiger partial charge >= 0.3 is 6.36 Å². The smallest absolute Gasteiger partial charge is 0.402 e. The number of nitrogens with two attached hydrogens (primary N) is 2. The summed E-state index contributed by atoms with van der Waals surface area (Å²) >= 11 is 0. The van der Waals surface area contributed by atoms with Gasteiger partial charge in [0.1, 0.15) is 0 Å². The number of rotatable bonds is 3. The van der Waals surface area contributed by atoms with E-state index in [1.54, 1.807) is 0 Å². The second kappa shape index (κ2) is 4.35. The third kappa shape index (κ3) is 2.60. The molecule has 0 unspecified atom stereocenters. The van der Waals surface area contributed by atoms with Crippen LogP contribution < -0.4 is 16.2 Å². The monoisotopic (exact) mass is 235 g/mol. The Kier molecular flexibility index (Phi) is 3.33. The predicted molar refractivity (Wildman–Crippen MR) is 48.6 cm³/mol. The van der Waals surface area contributed by atoms with Gasteiger partial charge in [-0.05, 0) is 0 Å². The molecular formula is C8H8F3N3O2. The molecule has 1 aromatic rings. The average molecular weight is 235 g/mol. The van der Waals surface area contributed by atoms with E-state index in [4.69, 9.17) is 11.5 Å². The zero-order valence-corrected chi connectivity index (χ0v) is 7.91. The highest BCUT2D eigenvalue weighted by atomic mass is 19.4. The number of carbonyl (C=O) groups excluding carboxylic acids is 1. The first-order valence-electron chi connectivity index (χ1n) is 4.07. The first-order chi connectivity index (χ1) is 7.39. The summed E-state index contributed by atoms with van der Waals surface area (Å²) in [5.74, 6) is -0.716. The van der Waals surface area contributed by atoms with E-state index in [9.17, 15) is 18.0 Å². The number of carbonyl (C=O) groups is 1. The summed E-state index contributed by atoms with van der Waals surface area (Å²) in [7, 11) is 0. The second-order valence-electron chi connectivity index (χ2n) is 2.77. The zero-order chi connectivity index (χ0) is 12.3. The molecule has 0 saturated carbocycles. The lowest BCUT2D eigenvalue weighted by molar-refractivity contribution is -0.274. The Morgan fingerprint density at radius 2 is 2.12 bits per heavy atom. The van der Waals surface area contributed by atoms with Crippen LogP contribution >= 0.6 is 0 Å². The van der Waals surface area contributed by atoms with Gasteiger partial charge in [-0.1, -0.05) is 0 Å². The third-order valence-electron chi connectivity index (χ3n) is 1.74. The van der Waals surface area contributed by atoms with E-state index in [-0.39, 0.29) is 24.1 Å². The Labute approximate surface area is 88.2 Å². The third-order valence-corrected chi connectivity index (χ3v) is 1.74. The number of nitrogen functional groups attached to an aromatic ring is 1. The number of aldehydes is 1. The van der Waals surface area contributed by atoms with E-state index >= 15 is 0 Å². The molecule has 88 valence electrons. The first-order valence-corrected chi connectivity index (χ1v) is 4.07. The van der Waals surface area contributed by atoms with Crippen LogP contribution in [0.4, 0.5) is 18.9 Å². The van der Waals surface area contributed by atoms with Crippen LogP contribution in [0.3, 0.4) is 0 Å². The van der Waals surface area contributed by atoms with E-state index in [1.807, 2.05) is 0 Å². The molecule has 0 aliphatic rings. The van der Waals surface area contributed by atoms with E-state index in [2.05, 4.69) is 9.72 Å². The first kappa shape index (κ1) is 12.2. The van der Waals surface area contributed by atoms with E-state index in [0.717, 1.165) is 6.20 Å². The van der Waals surface area contributed by atoms with Crippen molar-refractivity contribution in [2.24, 2.45) is 5.73 Å². The van der Waals surface area contributed by atoms with Gasteiger partial charge < -0.3 is 16.2 Å². The maximum absolute atomic E-state index is 11.9. The van der Waals surface area contributed by atoms with Crippen LogP contribution in [-0.4, -0.2) is 17.6 Å². The molecule has 0 bridgehead atoms. The molecule has 1 aromatic heterocycles. The second-order valence-corrected chi connectivity index (χ2v) is 2.77. The van der Waals surface area contributed by atoms with E-state index in [0.29, 0.717) is 0 Å². The Balaban J connectivity index is 3.19.